The molecule has 3 N–H and O–H groups in total. The van der Waals surface area contributed by atoms with Crippen LogP contribution in [0.3, 0.4) is 0 Å². The van der Waals surface area contributed by atoms with Gasteiger partial charge in [0, 0.05) is 40.7 Å². The summed E-state index contributed by atoms with van der Waals surface area (Å²) in [4.78, 5) is 65.1. The van der Waals surface area contributed by atoms with Gasteiger partial charge in [-0.1, -0.05) is 23.6 Å². The molecule has 260 valence electrons. The smallest absolute Gasteiger partial charge is 0.330 e. The molecule has 3 aromatic heterocycles. The Balaban J connectivity index is 1.37. The molecule has 20 nitrogen and oxygen atoms in total. The molecule has 0 aromatic carbocycles. The fourth-order valence-electron chi connectivity index (χ4n) is 5.27. The Kier molecular flexibility index (Phi) is 11.4. The van der Waals surface area contributed by atoms with Gasteiger partial charge in [-0.25, -0.2) is 19.7 Å². The third-order valence-corrected chi connectivity index (χ3v) is 10.6. The van der Waals surface area contributed by atoms with Crippen molar-refractivity contribution in [3.63, 3.8) is 0 Å². The number of hydrogen-bond donors (Lipinski definition) is 2. The molecule has 47 heavy (non-hydrogen) atoms. The van der Waals surface area contributed by atoms with Crippen LogP contribution >= 0.6 is 13.4 Å². The molecule has 2 saturated heterocycles. The third-order valence-electron chi connectivity index (χ3n) is 7.35. The van der Waals surface area contributed by atoms with E-state index in [2.05, 4.69) is 19.9 Å². The number of aromatic amines is 1. The van der Waals surface area contributed by atoms with E-state index < -0.39 is 80.4 Å². The monoisotopic (exact) mass is 739 g/mol. The largest absolute Gasteiger partial charge is 0.780 e. The standard InChI is InChI=1S/C23H33N7O13P2S2/c1-35-7-11-15(18(37-3)22(40-11)30-10-27-14-19(24)25-9-26-20(14)30)43-45(34,47)39-8-12-16(42-44(33,46)38-4)17(36-2)21(41-12)29-6-5-13(31)28-23(29)32/h5-6,9-12,15-18,21-22H,7-8H2,1-4H3,(H,33,46)(H,34,47)(H2,24,25,26)(H,28,31,32)/p-2/t11-,12-,15?,16?,17+,18+,21-,22-,44?,45?/m1/s1. The van der Waals surface area contributed by atoms with E-state index in [4.69, 9.17) is 71.1 Å². The summed E-state index contributed by atoms with van der Waals surface area (Å²) in [5, 5.41) is 0. The van der Waals surface area contributed by atoms with Gasteiger partial charge >= 0.3 is 5.69 Å². The minimum Gasteiger partial charge on any atom is -0.780 e. The topological polar surface area (TPSA) is 254 Å². The molecule has 3 aromatic rings. The maximum Gasteiger partial charge on any atom is 0.330 e. The average Bonchev–Trinajstić information content (AvgIpc) is 3.70. The zero-order chi connectivity index (χ0) is 34.1. The highest BCUT2D eigenvalue weighted by molar-refractivity contribution is 8.06. The van der Waals surface area contributed by atoms with Crippen molar-refractivity contribution in [2.75, 3.05) is 47.4 Å². The SMILES string of the molecule is COC[C@H]1O[C@@H](n2cnc3c(N)ncnc32)[C@@H](OC)C1OP([O-])(=S)OC[C@H]1O[C@@H](n2ccc(=O)[nH]c2=O)[C@@H](OC)C1OP([O-])(=S)OC. The van der Waals surface area contributed by atoms with Gasteiger partial charge in [0.25, 0.3) is 5.56 Å². The molecule has 0 amide bonds. The van der Waals surface area contributed by atoms with Crippen LogP contribution in [0.15, 0.2) is 34.5 Å². The van der Waals surface area contributed by atoms with E-state index in [0.717, 1.165) is 17.7 Å². The Bertz CT molecular complexity index is 1780. The Morgan fingerprint density at radius 2 is 1.53 bits per heavy atom. The number of nitrogens with two attached hydrogens (primary N) is 1. The van der Waals surface area contributed by atoms with E-state index >= 15 is 0 Å². The minimum absolute atomic E-state index is 0.0159. The molecule has 0 saturated carbocycles. The summed E-state index contributed by atoms with van der Waals surface area (Å²) in [6.07, 6.45) is -4.81. The molecule has 4 unspecified atom stereocenters. The second kappa shape index (κ2) is 14.8. The van der Waals surface area contributed by atoms with Crippen LogP contribution in [0.4, 0.5) is 5.82 Å². The second-order valence-corrected chi connectivity index (χ2v) is 15.6. The number of nitrogens with one attached hydrogen (secondary N) is 1. The Morgan fingerprint density at radius 1 is 0.915 bits per heavy atom. The van der Waals surface area contributed by atoms with Crippen LogP contribution < -0.4 is 26.8 Å². The van der Waals surface area contributed by atoms with Gasteiger partial charge in [-0.15, -0.1) is 0 Å². The van der Waals surface area contributed by atoms with Gasteiger partial charge in [0.05, 0.1) is 19.5 Å². The molecule has 0 spiro atoms. The Hall–Kier alpha value is -2.11. The summed E-state index contributed by atoms with van der Waals surface area (Å²) in [5.41, 5.74) is 5.13. The van der Waals surface area contributed by atoms with Crippen LogP contribution in [0.5, 0.6) is 0 Å². The lowest BCUT2D eigenvalue weighted by atomic mass is 10.1. The number of fused-ring (bicyclic) bond motifs is 1. The first-order valence-electron chi connectivity index (χ1n) is 13.6. The number of rotatable bonds is 14. The fraction of sp³-hybridized carbons (Fsp3) is 0.609. The van der Waals surface area contributed by atoms with Crippen LogP contribution in [0.2, 0.25) is 0 Å². The van der Waals surface area contributed by atoms with Gasteiger partial charge in [-0.3, -0.25) is 18.9 Å². The molecule has 24 heteroatoms. The van der Waals surface area contributed by atoms with Crippen molar-refractivity contribution in [2.45, 2.75) is 49.1 Å². The number of nitrogen functional groups attached to an aromatic ring is 1. The van der Waals surface area contributed by atoms with E-state index in [1.54, 1.807) is 4.57 Å². The van der Waals surface area contributed by atoms with Crippen molar-refractivity contribution in [2.24, 2.45) is 0 Å². The van der Waals surface area contributed by atoms with E-state index in [0.29, 0.717) is 11.2 Å². The number of imidazole rings is 1. The highest BCUT2D eigenvalue weighted by Crippen LogP contribution is 2.49. The molecule has 10 atom stereocenters. The first kappa shape index (κ1) is 36.2. The summed E-state index contributed by atoms with van der Waals surface area (Å²) >= 11 is 10.2. The average molecular weight is 740 g/mol. The molecule has 2 aliphatic heterocycles. The maximum atomic E-state index is 13.7. The van der Waals surface area contributed by atoms with E-state index in [1.807, 2.05) is 0 Å². The fourth-order valence-corrected chi connectivity index (χ4v) is 7.64. The molecule has 0 radical (unpaired) electrons. The first-order valence-corrected chi connectivity index (χ1v) is 18.7. The molecule has 0 aliphatic carbocycles. The van der Waals surface area contributed by atoms with Gasteiger partial charge in [-0.2, -0.15) is 0 Å². The van der Waals surface area contributed by atoms with Crippen LogP contribution in [0.25, 0.3) is 11.2 Å². The number of nitrogens with zero attached hydrogens (tertiary/aromatic N) is 5. The zero-order valence-electron chi connectivity index (χ0n) is 25.2. The number of hydrogen-bond acceptors (Lipinski definition) is 19. The summed E-state index contributed by atoms with van der Waals surface area (Å²) < 4.78 is 53.0. The third kappa shape index (κ3) is 7.72. The Labute approximate surface area is 276 Å². The van der Waals surface area contributed by atoms with Crippen molar-refractivity contribution < 1.29 is 51.6 Å². The first-order chi connectivity index (χ1) is 22.3. The van der Waals surface area contributed by atoms with E-state index in [-0.39, 0.29) is 12.4 Å². The van der Waals surface area contributed by atoms with Crippen LogP contribution in [-0.4, -0.2) is 107 Å². The summed E-state index contributed by atoms with van der Waals surface area (Å²) in [7, 11) is 5.19. The zero-order valence-corrected chi connectivity index (χ0v) is 28.6. The van der Waals surface area contributed by atoms with Gasteiger partial charge in [0.15, 0.2) is 23.9 Å². The quantitative estimate of drug-likeness (QED) is 0.170. The van der Waals surface area contributed by atoms with Crippen molar-refractivity contribution in [3.05, 3.63) is 45.8 Å². The van der Waals surface area contributed by atoms with Crippen molar-refractivity contribution >= 4 is 54.0 Å². The number of anilines is 1. The number of methoxy groups -OCH3 is 3. The predicted molar refractivity (Wildman–Crippen MR) is 164 cm³/mol. The van der Waals surface area contributed by atoms with E-state index in [9.17, 15) is 19.4 Å². The van der Waals surface area contributed by atoms with Crippen LogP contribution in [0, 0.1) is 0 Å². The van der Waals surface area contributed by atoms with Crippen LogP contribution in [-0.2, 0) is 65.4 Å². The molecule has 2 aliphatic rings. The molecular formula is C23H31N7O13P2S2-2. The lowest BCUT2D eigenvalue weighted by molar-refractivity contribution is -0.220. The number of ether oxygens (including phenoxy) is 5. The molecule has 2 fully saturated rings. The Morgan fingerprint density at radius 3 is 2.13 bits per heavy atom. The number of aromatic nitrogens is 6. The summed E-state index contributed by atoms with van der Waals surface area (Å²) in [5.74, 6) is 0.156. The molecule has 5 heterocycles. The predicted octanol–water partition coefficient (Wildman–Crippen LogP) is -1.97. The summed E-state index contributed by atoms with van der Waals surface area (Å²) in [6, 6.07) is 1.09. The van der Waals surface area contributed by atoms with Gasteiger partial charge in [0.2, 0.25) is 0 Å². The van der Waals surface area contributed by atoms with Crippen molar-refractivity contribution in [1.29, 1.82) is 0 Å². The van der Waals surface area contributed by atoms with Gasteiger partial charge < -0.3 is 57.3 Å². The number of H-pyrrole nitrogens is 1. The minimum atomic E-state index is -4.41. The molecule has 5 rings (SSSR count). The second-order valence-electron chi connectivity index (χ2n) is 10.1. The normalized spacial score (nSPS) is 30.4. The van der Waals surface area contributed by atoms with Gasteiger partial charge in [-0.05, 0) is 0 Å². The van der Waals surface area contributed by atoms with Crippen molar-refractivity contribution in [3.8, 4) is 0 Å². The van der Waals surface area contributed by atoms with Crippen LogP contribution in [0.1, 0.15) is 12.5 Å². The van der Waals surface area contributed by atoms with Crippen molar-refractivity contribution in [1.82, 2.24) is 29.1 Å². The highest BCUT2D eigenvalue weighted by Gasteiger charge is 2.50. The molecule has 0 bridgehead atoms. The molecular weight excluding hydrogens is 708 g/mol. The summed E-state index contributed by atoms with van der Waals surface area (Å²) in [6.45, 7) is -9.09. The van der Waals surface area contributed by atoms with Gasteiger partial charge in [0.1, 0.15) is 61.9 Å². The highest BCUT2D eigenvalue weighted by atomic mass is 32.5. The maximum absolute atomic E-state index is 13.7. The lowest BCUT2D eigenvalue weighted by Crippen LogP contribution is -2.41. The van der Waals surface area contributed by atoms with E-state index in [1.165, 1.54) is 40.2 Å². The lowest BCUT2D eigenvalue weighted by Gasteiger charge is -2.36.